The van der Waals surface area contributed by atoms with Crippen LogP contribution in [0.3, 0.4) is 0 Å². The van der Waals surface area contributed by atoms with Gasteiger partial charge in [-0.2, -0.15) is 5.26 Å². The average Bonchev–Trinajstić information content (AvgIpc) is 3.35. The molecule has 2 aromatic carbocycles. The molecule has 9 heteroatoms. The van der Waals surface area contributed by atoms with Crippen molar-refractivity contribution in [3.8, 4) is 11.8 Å². The molecule has 0 saturated carbocycles. The molecule has 0 N–H and O–H groups in total. The largest absolute Gasteiger partial charge is 0.484 e. The van der Waals surface area contributed by atoms with Gasteiger partial charge in [0.05, 0.1) is 17.1 Å². The number of hydrogen-bond donors (Lipinski definition) is 0. The summed E-state index contributed by atoms with van der Waals surface area (Å²) in [4.78, 5) is 16.6. The molecule has 0 aliphatic carbocycles. The number of rotatable bonds is 7. The van der Waals surface area contributed by atoms with Gasteiger partial charge in [-0.3, -0.25) is 4.79 Å². The zero-order valence-electron chi connectivity index (χ0n) is 17.9. The van der Waals surface area contributed by atoms with Gasteiger partial charge in [-0.1, -0.05) is 36.0 Å². The number of fused-ring (bicyclic) bond motifs is 1. The number of Topliss-reactive ketones (excluding diaryl/α,β-unsaturated/α-hetero) is 1. The van der Waals surface area contributed by atoms with Gasteiger partial charge in [-0.05, 0) is 36.8 Å². The van der Waals surface area contributed by atoms with Gasteiger partial charge < -0.3 is 19.0 Å². The van der Waals surface area contributed by atoms with Crippen LogP contribution in [-0.4, -0.2) is 35.8 Å². The maximum Gasteiger partial charge on any atom is 0.277 e. The van der Waals surface area contributed by atoms with E-state index in [0.29, 0.717) is 17.5 Å². The number of thioether (sulfide) groups is 1. The molecule has 3 aromatic rings. The minimum absolute atomic E-state index is 0.00475. The molecule has 1 aliphatic heterocycles. The molecule has 162 valence electrons. The number of aryl methyl sites for hydroxylation is 1. The van der Waals surface area contributed by atoms with Gasteiger partial charge in [-0.15, -0.1) is 10.2 Å². The average molecular weight is 448 g/mol. The van der Waals surface area contributed by atoms with Crippen LogP contribution in [0.1, 0.15) is 11.5 Å². The Balaban J connectivity index is 1.40. The second-order valence-corrected chi connectivity index (χ2v) is 8.12. The van der Waals surface area contributed by atoms with E-state index >= 15 is 0 Å². The number of nitrogens with zero attached hydrogens (tertiary/aromatic N) is 5. The predicted octanol–water partition coefficient (Wildman–Crippen LogP) is 3.94. The number of ether oxygens (including phenoxy) is 1. The maximum absolute atomic E-state index is 12.9. The maximum atomic E-state index is 12.9. The molecule has 2 heterocycles. The van der Waals surface area contributed by atoms with Crippen molar-refractivity contribution in [2.45, 2.75) is 18.8 Å². The van der Waals surface area contributed by atoms with E-state index in [-0.39, 0.29) is 28.9 Å². The Labute approximate surface area is 190 Å². The Kier molecular flexibility index (Phi) is 6.14. The van der Waals surface area contributed by atoms with E-state index in [1.807, 2.05) is 79.3 Å². The molecular weight excluding hydrogens is 426 g/mol. The summed E-state index contributed by atoms with van der Waals surface area (Å²) in [5, 5.41) is 17.9. The van der Waals surface area contributed by atoms with E-state index in [4.69, 9.17) is 9.15 Å². The highest BCUT2D eigenvalue weighted by atomic mass is 32.2. The van der Waals surface area contributed by atoms with E-state index in [1.165, 1.54) is 0 Å². The van der Waals surface area contributed by atoms with Gasteiger partial charge in [0.2, 0.25) is 0 Å². The first-order valence-electron chi connectivity index (χ1n) is 9.86. The van der Waals surface area contributed by atoms with Crippen LogP contribution in [0.4, 0.5) is 11.4 Å². The van der Waals surface area contributed by atoms with Crippen LogP contribution in [-0.2, 0) is 11.4 Å². The van der Waals surface area contributed by atoms with E-state index in [9.17, 15) is 10.1 Å². The molecule has 1 aromatic heterocycles. The minimum Gasteiger partial charge on any atom is -0.484 e. The number of aromatic nitrogens is 2. The molecule has 0 radical (unpaired) electrons. The first kappa shape index (κ1) is 21.5. The number of carbonyl (C=O) groups excluding carboxylic acids is 1. The first-order valence-corrected chi connectivity index (χ1v) is 10.8. The Morgan fingerprint density at radius 3 is 2.50 bits per heavy atom. The highest BCUT2D eigenvalue weighted by molar-refractivity contribution is 7.99. The number of nitriles is 1. The summed E-state index contributed by atoms with van der Waals surface area (Å²) in [5.74, 6) is 1.27. The Hall–Kier alpha value is -3.77. The molecule has 0 spiro atoms. The monoisotopic (exact) mass is 447 g/mol. The number of benzene rings is 2. The topological polar surface area (TPSA) is 95.5 Å². The lowest BCUT2D eigenvalue weighted by molar-refractivity contribution is -0.112. The fourth-order valence-corrected chi connectivity index (χ4v) is 4.11. The van der Waals surface area contributed by atoms with E-state index in [2.05, 4.69) is 16.3 Å². The van der Waals surface area contributed by atoms with Crippen LogP contribution < -0.4 is 14.5 Å². The lowest BCUT2D eigenvalue weighted by Gasteiger charge is -2.19. The Bertz CT molecular complexity index is 1200. The van der Waals surface area contributed by atoms with Crippen molar-refractivity contribution in [3.05, 3.63) is 71.4 Å². The quantitative estimate of drug-likeness (QED) is 0.303. The van der Waals surface area contributed by atoms with Gasteiger partial charge in [-0.25, -0.2) is 0 Å². The highest BCUT2D eigenvalue weighted by Crippen LogP contribution is 2.40. The number of allylic oxidation sites excluding steroid dienone is 1. The van der Waals surface area contributed by atoms with Crippen molar-refractivity contribution in [1.82, 2.24) is 10.2 Å². The molecule has 0 amide bonds. The number of ketones is 1. The molecule has 0 unspecified atom stereocenters. The van der Waals surface area contributed by atoms with Gasteiger partial charge in [0.15, 0.2) is 12.4 Å². The lowest BCUT2D eigenvalue weighted by Crippen LogP contribution is -2.26. The first-order chi connectivity index (χ1) is 15.5. The highest BCUT2D eigenvalue weighted by Gasteiger charge is 2.31. The van der Waals surface area contributed by atoms with Crippen LogP contribution in [0.25, 0.3) is 0 Å². The van der Waals surface area contributed by atoms with Crippen LogP contribution in [0.15, 0.2) is 69.6 Å². The van der Waals surface area contributed by atoms with Crippen LogP contribution >= 0.6 is 11.8 Å². The Morgan fingerprint density at radius 2 is 1.84 bits per heavy atom. The SMILES string of the molecule is Cc1cccc(OCc2nnc(SCC(=O)C(C#N)=C3N(C)c4ccccc4N3C)o2)c1. The summed E-state index contributed by atoms with van der Waals surface area (Å²) in [6.07, 6.45) is 0. The van der Waals surface area contributed by atoms with Crippen molar-refractivity contribution in [2.75, 3.05) is 29.6 Å². The Morgan fingerprint density at radius 1 is 1.12 bits per heavy atom. The van der Waals surface area contributed by atoms with E-state index < -0.39 is 0 Å². The molecule has 0 saturated heterocycles. The van der Waals surface area contributed by atoms with Gasteiger partial charge in [0.1, 0.15) is 23.2 Å². The molecule has 1 aliphatic rings. The van der Waals surface area contributed by atoms with Crippen LogP contribution in [0.2, 0.25) is 0 Å². The zero-order valence-corrected chi connectivity index (χ0v) is 18.7. The summed E-state index contributed by atoms with van der Waals surface area (Å²) < 4.78 is 11.2. The zero-order chi connectivity index (χ0) is 22.7. The van der Waals surface area contributed by atoms with Crippen molar-refractivity contribution in [1.29, 1.82) is 5.26 Å². The van der Waals surface area contributed by atoms with Crippen LogP contribution in [0, 0.1) is 18.3 Å². The fraction of sp³-hybridized carbons (Fsp3) is 0.217. The normalized spacial score (nSPS) is 12.5. The molecule has 8 nitrogen and oxygen atoms in total. The van der Waals surface area contributed by atoms with Crippen molar-refractivity contribution < 1.29 is 13.9 Å². The lowest BCUT2D eigenvalue weighted by atomic mass is 10.2. The number of para-hydroxylation sites is 2. The van der Waals surface area contributed by atoms with Crippen molar-refractivity contribution in [3.63, 3.8) is 0 Å². The standard InChI is InChI=1S/C23H21N5O3S/c1-15-7-6-8-16(11-15)30-13-21-25-26-23(31-21)32-14-20(29)17(12-24)22-27(2)18-9-4-5-10-19(18)28(22)3/h4-11H,13-14H2,1-3H3. The summed E-state index contributed by atoms with van der Waals surface area (Å²) >= 11 is 1.09. The molecule has 0 fully saturated rings. The smallest absolute Gasteiger partial charge is 0.277 e. The van der Waals surface area contributed by atoms with Gasteiger partial charge >= 0.3 is 0 Å². The summed E-state index contributed by atoms with van der Waals surface area (Å²) in [5.41, 5.74) is 3.05. The van der Waals surface area contributed by atoms with Crippen molar-refractivity contribution in [2.24, 2.45) is 0 Å². The second-order valence-electron chi connectivity index (χ2n) is 7.20. The number of anilines is 2. The molecule has 4 rings (SSSR count). The third-order valence-corrected chi connectivity index (χ3v) is 5.80. The van der Waals surface area contributed by atoms with Crippen LogP contribution in [0.5, 0.6) is 5.75 Å². The van der Waals surface area contributed by atoms with Gasteiger partial charge in [0, 0.05) is 14.1 Å². The third-order valence-electron chi connectivity index (χ3n) is 4.98. The fourth-order valence-electron chi connectivity index (χ4n) is 3.46. The summed E-state index contributed by atoms with van der Waals surface area (Å²) in [6.45, 7) is 2.11. The molecule has 32 heavy (non-hydrogen) atoms. The second kappa shape index (κ2) is 9.16. The third kappa shape index (κ3) is 4.31. The minimum atomic E-state index is -0.310. The summed E-state index contributed by atoms with van der Waals surface area (Å²) in [6, 6.07) is 17.5. The van der Waals surface area contributed by atoms with Crippen molar-refractivity contribution >= 4 is 28.9 Å². The van der Waals surface area contributed by atoms with Gasteiger partial charge in [0.25, 0.3) is 11.1 Å². The van der Waals surface area contributed by atoms with E-state index in [0.717, 1.165) is 28.7 Å². The molecule has 0 bridgehead atoms. The predicted molar refractivity (Wildman–Crippen MR) is 121 cm³/mol. The molecule has 0 atom stereocenters. The summed E-state index contributed by atoms with van der Waals surface area (Å²) in [7, 11) is 3.68. The molecular formula is C23H21N5O3S. The number of carbonyl (C=O) groups is 1. The van der Waals surface area contributed by atoms with E-state index in [1.54, 1.807) is 0 Å². The number of hydrogen-bond acceptors (Lipinski definition) is 9.